The molecule has 1 N–H and O–H groups in total. The summed E-state index contributed by atoms with van der Waals surface area (Å²) < 4.78 is 1.59. The molecular weight excluding hydrogens is 260 g/mol. The SMILES string of the molecule is CC1CN(Cc2cc(=O)n3ccsc3n2)CC(C)N1. The summed E-state index contributed by atoms with van der Waals surface area (Å²) in [6, 6.07) is 2.61. The predicted molar refractivity (Wildman–Crippen MR) is 76.7 cm³/mol. The Labute approximate surface area is 115 Å². The van der Waals surface area contributed by atoms with Crippen molar-refractivity contribution < 1.29 is 0 Å². The second-order valence-corrected chi connectivity index (χ2v) is 6.18. The Morgan fingerprint density at radius 3 is 2.89 bits per heavy atom. The number of piperazine rings is 1. The smallest absolute Gasteiger partial charge is 0.258 e. The Kier molecular flexibility index (Phi) is 3.38. The molecule has 0 spiro atoms. The van der Waals surface area contributed by atoms with Crippen LogP contribution in [0.15, 0.2) is 22.4 Å². The second-order valence-electron chi connectivity index (χ2n) is 5.30. The van der Waals surface area contributed by atoms with E-state index in [0.717, 1.165) is 30.3 Å². The fourth-order valence-corrected chi connectivity index (χ4v) is 3.51. The minimum atomic E-state index is 0.0116. The van der Waals surface area contributed by atoms with E-state index in [4.69, 9.17) is 0 Å². The van der Waals surface area contributed by atoms with Crippen LogP contribution < -0.4 is 10.9 Å². The topological polar surface area (TPSA) is 49.6 Å². The van der Waals surface area contributed by atoms with Gasteiger partial charge < -0.3 is 5.32 Å². The standard InChI is InChI=1S/C13H18N4OS/c1-9-6-16(7-10(2)14-9)8-11-5-12(18)17-3-4-19-13(17)15-11/h3-5,9-10,14H,6-8H2,1-2H3. The van der Waals surface area contributed by atoms with Crippen LogP contribution in [0, 0.1) is 0 Å². The third-order valence-electron chi connectivity index (χ3n) is 3.37. The van der Waals surface area contributed by atoms with Crippen LogP contribution in [0.3, 0.4) is 0 Å². The number of fused-ring (bicyclic) bond motifs is 1. The highest BCUT2D eigenvalue weighted by molar-refractivity contribution is 7.15. The molecule has 1 aliphatic rings. The van der Waals surface area contributed by atoms with E-state index in [1.165, 1.54) is 11.3 Å². The predicted octanol–water partition coefficient (Wildman–Crippen LogP) is 0.938. The zero-order chi connectivity index (χ0) is 13.4. The number of nitrogens with one attached hydrogen (secondary N) is 1. The summed E-state index contributed by atoms with van der Waals surface area (Å²) in [4.78, 5) is 19.6. The van der Waals surface area contributed by atoms with E-state index in [-0.39, 0.29) is 5.56 Å². The highest BCUT2D eigenvalue weighted by atomic mass is 32.1. The molecule has 1 aliphatic heterocycles. The van der Waals surface area contributed by atoms with Gasteiger partial charge in [-0.25, -0.2) is 4.98 Å². The molecule has 0 aliphatic carbocycles. The van der Waals surface area contributed by atoms with Gasteiger partial charge in [0.2, 0.25) is 0 Å². The van der Waals surface area contributed by atoms with Crippen molar-refractivity contribution in [1.82, 2.24) is 19.6 Å². The van der Waals surface area contributed by atoms with E-state index in [1.54, 1.807) is 16.7 Å². The highest BCUT2D eigenvalue weighted by Crippen LogP contribution is 2.11. The van der Waals surface area contributed by atoms with E-state index in [2.05, 4.69) is 29.0 Å². The lowest BCUT2D eigenvalue weighted by molar-refractivity contribution is 0.165. The summed E-state index contributed by atoms with van der Waals surface area (Å²) in [6.45, 7) is 7.12. The molecule has 3 rings (SSSR count). The Bertz CT molecular complexity index is 625. The molecule has 5 nitrogen and oxygen atoms in total. The van der Waals surface area contributed by atoms with Gasteiger partial charge in [0.25, 0.3) is 5.56 Å². The fraction of sp³-hybridized carbons (Fsp3) is 0.538. The van der Waals surface area contributed by atoms with Crippen LogP contribution in [0.2, 0.25) is 0 Å². The van der Waals surface area contributed by atoms with Crippen LogP contribution in [-0.4, -0.2) is 39.5 Å². The molecule has 2 aromatic heterocycles. The van der Waals surface area contributed by atoms with Crippen molar-refractivity contribution in [2.45, 2.75) is 32.5 Å². The Morgan fingerprint density at radius 1 is 1.42 bits per heavy atom. The van der Waals surface area contributed by atoms with Gasteiger partial charge in [0.05, 0.1) is 5.69 Å². The number of hydrogen-bond donors (Lipinski definition) is 1. The molecule has 0 saturated carbocycles. The monoisotopic (exact) mass is 278 g/mol. The molecule has 0 radical (unpaired) electrons. The van der Waals surface area contributed by atoms with E-state index >= 15 is 0 Å². The van der Waals surface area contributed by atoms with Crippen molar-refractivity contribution in [3.63, 3.8) is 0 Å². The first-order chi connectivity index (χ1) is 9.11. The Morgan fingerprint density at radius 2 is 2.16 bits per heavy atom. The average molecular weight is 278 g/mol. The zero-order valence-electron chi connectivity index (χ0n) is 11.2. The quantitative estimate of drug-likeness (QED) is 0.888. The van der Waals surface area contributed by atoms with Crippen LogP contribution in [0.4, 0.5) is 0 Å². The Balaban J connectivity index is 1.83. The summed E-state index contributed by atoms with van der Waals surface area (Å²) in [7, 11) is 0. The average Bonchev–Trinajstić information content (AvgIpc) is 2.75. The van der Waals surface area contributed by atoms with E-state index < -0.39 is 0 Å². The number of thiazole rings is 1. The zero-order valence-corrected chi connectivity index (χ0v) is 12.0. The van der Waals surface area contributed by atoms with Crippen LogP contribution in [0.5, 0.6) is 0 Å². The molecule has 6 heteroatoms. The molecule has 1 saturated heterocycles. The molecule has 19 heavy (non-hydrogen) atoms. The van der Waals surface area contributed by atoms with Crippen molar-refractivity contribution in [3.8, 4) is 0 Å². The molecule has 1 fully saturated rings. The first-order valence-corrected chi connectivity index (χ1v) is 7.44. The van der Waals surface area contributed by atoms with Gasteiger partial charge in [-0.15, -0.1) is 11.3 Å². The van der Waals surface area contributed by atoms with Crippen molar-refractivity contribution >= 4 is 16.3 Å². The summed E-state index contributed by atoms with van der Waals surface area (Å²) in [6.07, 6.45) is 1.77. The van der Waals surface area contributed by atoms with Crippen LogP contribution in [0.25, 0.3) is 4.96 Å². The second kappa shape index (κ2) is 5.03. The minimum Gasteiger partial charge on any atom is -0.309 e. The molecule has 2 unspecified atom stereocenters. The van der Waals surface area contributed by atoms with Crippen LogP contribution >= 0.6 is 11.3 Å². The largest absolute Gasteiger partial charge is 0.309 e. The van der Waals surface area contributed by atoms with Crippen molar-refractivity contribution in [3.05, 3.63) is 33.7 Å². The summed E-state index contributed by atoms with van der Waals surface area (Å²) >= 11 is 1.50. The van der Waals surface area contributed by atoms with Crippen molar-refractivity contribution in [2.24, 2.45) is 0 Å². The van der Waals surface area contributed by atoms with Gasteiger partial charge >= 0.3 is 0 Å². The van der Waals surface area contributed by atoms with E-state index in [0.29, 0.717) is 12.1 Å². The van der Waals surface area contributed by atoms with Gasteiger partial charge in [0.1, 0.15) is 0 Å². The maximum Gasteiger partial charge on any atom is 0.258 e. The summed E-state index contributed by atoms with van der Waals surface area (Å²) in [5.41, 5.74) is 0.881. The summed E-state index contributed by atoms with van der Waals surface area (Å²) in [5.74, 6) is 0. The molecule has 3 heterocycles. The Hall–Kier alpha value is -1.24. The third-order valence-corrected chi connectivity index (χ3v) is 4.13. The first-order valence-electron chi connectivity index (χ1n) is 6.56. The molecule has 102 valence electrons. The molecular formula is C13H18N4OS. The van der Waals surface area contributed by atoms with E-state index in [1.807, 2.05) is 5.38 Å². The number of hydrogen-bond acceptors (Lipinski definition) is 5. The lowest BCUT2D eigenvalue weighted by atomic mass is 10.1. The van der Waals surface area contributed by atoms with Gasteiger partial charge in [-0.1, -0.05) is 0 Å². The van der Waals surface area contributed by atoms with Crippen molar-refractivity contribution in [2.75, 3.05) is 13.1 Å². The van der Waals surface area contributed by atoms with Crippen LogP contribution in [-0.2, 0) is 6.54 Å². The molecule has 0 amide bonds. The lowest BCUT2D eigenvalue weighted by Crippen LogP contribution is -2.53. The van der Waals surface area contributed by atoms with Crippen LogP contribution in [0.1, 0.15) is 19.5 Å². The minimum absolute atomic E-state index is 0.0116. The fourth-order valence-electron chi connectivity index (χ4n) is 2.77. The number of rotatable bonds is 2. The van der Waals surface area contributed by atoms with Gasteiger partial charge in [0.15, 0.2) is 4.96 Å². The molecule has 0 aromatic carbocycles. The maximum atomic E-state index is 11.9. The summed E-state index contributed by atoms with van der Waals surface area (Å²) in [5, 5.41) is 5.40. The lowest BCUT2D eigenvalue weighted by Gasteiger charge is -2.35. The highest BCUT2D eigenvalue weighted by Gasteiger charge is 2.21. The normalized spacial score (nSPS) is 24.9. The van der Waals surface area contributed by atoms with Gasteiger partial charge in [-0.3, -0.25) is 14.1 Å². The molecule has 2 atom stereocenters. The molecule has 0 bridgehead atoms. The van der Waals surface area contributed by atoms with Crippen molar-refractivity contribution in [1.29, 1.82) is 0 Å². The van der Waals surface area contributed by atoms with Gasteiger partial charge in [0, 0.05) is 49.4 Å². The number of nitrogens with zero attached hydrogens (tertiary/aromatic N) is 3. The molecule has 2 aromatic rings. The van der Waals surface area contributed by atoms with E-state index in [9.17, 15) is 4.79 Å². The maximum absolute atomic E-state index is 11.9. The van der Waals surface area contributed by atoms with Gasteiger partial charge in [-0.05, 0) is 13.8 Å². The first kappa shape index (κ1) is 12.8. The number of aromatic nitrogens is 2. The van der Waals surface area contributed by atoms with Gasteiger partial charge in [-0.2, -0.15) is 0 Å². The third kappa shape index (κ3) is 2.70.